The van der Waals surface area contributed by atoms with Crippen LogP contribution in [0.4, 0.5) is 0 Å². The minimum atomic E-state index is -4.31. The van der Waals surface area contributed by atoms with E-state index < -0.39 is 61.5 Å². The number of nitrogens with one attached hydrogen (secondary N) is 1. The monoisotopic (exact) mass is 996 g/mol. The van der Waals surface area contributed by atoms with Gasteiger partial charge in [0.1, 0.15) is 17.6 Å². The third-order valence-corrected chi connectivity index (χ3v) is 15.8. The average molecular weight is 998 g/mol. The largest absolute Gasteiger partial charge is 0.465 e. The first-order valence-corrected chi connectivity index (χ1v) is 25.7. The Morgan fingerprint density at radius 3 is 1.41 bits per heavy atom. The maximum atomic E-state index is 14.0. The van der Waals surface area contributed by atoms with Crippen molar-refractivity contribution in [3.8, 4) is 22.3 Å². The van der Waals surface area contributed by atoms with E-state index in [9.17, 15) is 31.2 Å². The molecule has 1 N–H and O–H groups in total. The van der Waals surface area contributed by atoms with Crippen molar-refractivity contribution in [1.82, 2.24) is 9.03 Å². The predicted octanol–water partition coefficient (Wildman–Crippen LogP) is 9.82. The van der Waals surface area contributed by atoms with Crippen molar-refractivity contribution in [3.63, 3.8) is 0 Å². The van der Waals surface area contributed by atoms with Gasteiger partial charge in [-0.05, 0) is 116 Å². The molecule has 0 unspecified atom stereocenters. The Kier molecular flexibility index (Phi) is 15.6. The molecule has 0 aromatic heterocycles. The highest BCUT2D eigenvalue weighted by Gasteiger charge is 2.69. The van der Waals surface area contributed by atoms with E-state index in [4.69, 9.17) is 37.4 Å². The van der Waals surface area contributed by atoms with E-state index in [-0.39, 0.29) is 42.0 Å². The van der Waals surface area contributed by atoms with Crippen LogP contribution < -0.4 is 4.72 Å². The number of carbonyl (C=O) groups excluding carboxylic acids is 3. The molecule has 68 heavy (non-hydrogen) atoms. The third-order valence-electron chi connectivity index (χ3n) is 11.9. The summed E-state index contributed by atoms with van der Waals surface area (Å²) in [5.74, 6) is -2.72. The smallest absolute Gasteiger partial charge is 0.328 e. The Morgan fingerprint density at radius 1 is 0.544 bits per heavy atom. The molecular weight excluding hydrogens is 948 g/mol. The second kappa shape index (κ2) is 21.2. The van der Waals surface area contributed by atoms with Crippen molar-refractivity contribution in [2.24, 2.45) is 0 Å². The molecule has 2 saturated carbocycles. The normalized spacial score (nSPS) is 19.5. The Morgan fingerprint density at radius 2 is 0.956 bits per heavy atom. The molecule has 4 atom stereocenters. The van der Waals surface area contributed by atoms with Crippen LogP contribution in [-0.2, 0) is 48.6 Å². The SMILES string of the molecule is CCOC(=O)CN([C@@]1(C(=O)OCC)C[C@@H]1c1ccccc1)S(=O)(=O)c1ccc(-c2ccc(Cl)cc2)cc1.CCOC(=O)[C@]1(NS(=O)(=O)c2ccc(-c3ccc(Cl)cc3)cc2)C[C@@H]1c1ccccc1. The van der Waals surface area contributed by atoms with Gasteiger partial charge >= 0.3 is 17.9 Å². The van der Waals surface area contributed by atoms with E-state index in [1.54, 1.807) is 69.3 Å². The molecule has 0 saturated heterocycles. The van der Waals surface area contributed by atoms with Crippen LogP contribution in [0.15, 0.2) is 168 Å². The summed E-state index contributed by atoms with van der Waals surface area (Å²) in [6.07, 6.45) is 0.551. The van der Waals surface area contributed by atoms with Gasteiger partial charge in [-0.2, -0.15) is 9.03 Å². The number of ether oxygens (including phenoxy) is 3. The molecule has 0 heterocycles. The number of rotatable bonds is 17. The molecule has 6 aromatic rings. The van der Waals surface area contributed by atoms with Gasteiger partial charge in [-0.3, -0.25) is 4.79 Å². The van der Waals surface area contributed by atoms with Gasteiger partial charge in [0.05, 0.1) is 29.6 Å². The first kappa shape index (κ1) is 50.0. The van der Waals surface area contributed by atoms with Crippen molar-refractivity contribution < 1.29 is 45.4 Å². The maximum absolute atomic E-state index is 14.0. The number of sulfonamides is 2. The zero-order valence-electron chi connectivity index (χ0n) is 37.5. The van der Waals surface area contributed by atoms with Gasteiger partial charge in [-0.15, -0.1) is 0 Å². The molecular formula is C52H50Cl2N2O10S2. The van der Waals surface area contributed by atoms with Crippen molar-refractivity contribution >= 4 is 61.2 Å². The van der Waals surface area contributed by atoms with E-state index in [0.717, 1.165) is 37.7 Å². The van der Waals surface area contributed by atoms with Crippen LogP contribution in [0.1, 0.15) is 56.6 Å². The molecule has 16 heteroatoms. The van der Waals surface area contributed by atoms with Crippen LogP contribution in [0.2, 0.25) is 10.0 Å². The Hall–Kier alpha value is -5.87. The van der Waals surface area contributed by atoms with E-state index in [2.05, 4.69) is 4.72 Å². The van der Waals surface area contributed by atoms with E-state index in [1.165, 1.54) is 24.3 Å². The van der Waals surface area contributed by atoms with E-state index in [0.29, 0.717) is 16.5 Å². The molecule has 0 amide bonds. The lowest BCUT2D eigenvalue weighted by molar-refractivity contribution is -0.152. The number of halogens is 2. The first-order chi connectivity index (χ1) is 32.6. The van der Waals surface area contributed by atoms with E-state index in [1.807, 2.05) is 84.9 Å². The number of benzene rings is 6. The summed E-state index contributed by atoms with van der Waals surface area (Å²) in [7, 11) is -8.25. The molecule has 12 nitrogen and oxygen atoms in total. The second-order valence-electron chi connectivity index (χ2n) is 16.2. The quantitative estimate of drug-likeness (QED) is 0.0688. The summed E-state index contributed by atoms with van der Waals surface area (Å²) in [6, 6.07) is 45.9. The highest BCUT2D eigenvalue weighted by molar-refractivity contribution is 7.89. The summed E-state index contributed by atoms with van der Waals surface area (Å²) < 4.78 is 73.6. The average Bonchev–Trinajstić information content (AvgIpc) is 4.27. The van der Waals surface area contributed by atoms with Gasteiger partial charge in [-0.1, -0.05) is 132 Å². The maximum Gasteiger partial charge on any atom is 0.328 e. The van der Waals surface area contributed by atoms with Gasteiger partial charge in [0, 0.05) is 21.9 Å². The van der Waals surface area contributed by atoms with E-state index >= 15 is 0 Å². The molecule has 2 fully saturated rings. The zero-order chi connectivity index (χ0) is 48.7. The highest BCUT2D eigenvalue weighted by Crippen LogP contribution is 2.58. The van der Waals surface area contributed by atoms with Gasteiger partial charge in [0.15, 0.2) is 0 Å². The van der Waals surface area contributed by atoms with Crippen molar-refractivity contribution in [3.05, 3.63) is 179 Å². The lowest BCUT2D eigenvalue weighted by Crippen LogP contribution is -2.51. The van der Waals surface area contributed by atoms with Crippen LogP contribution in [0.3, 0.4) is 0 Å². The first-order valence-electron chi connectivity index (χ1n) is 22.0. The number of carbonyl (C=O) groups is 3. The van der Waals surface area contributed by atoms with Gasteiger partial charge in [0.2, 0.25) is 20.0 Å². The lowest BCUT2D eigenvalue weighted by Gasteiger charge is -2.30. The molecule has 0 bridgehead atoms. The standard InChI is InChI=1S/C28H28ClNO6S.C24H22ClNO4S/c1-3-35-26(31)19-30(28(27(32)36-4-2)18-25(28)22-8-6-5-7-9-22)37(33,34)24-16-12-21(13-17-24)20-10-14-23(29)15-11-20;1-2-30-23(27)24(16-22(24)19-6-4-3-5-7-19)26-31(28,29)21-14-10-18(11-15-21)17-8-12-20(25)13-9-17/h5-17,25H,3-4,18-19H2,1-2H3;3-15,22,26H,2,16H2,1H3/t25-,28+;22-,24+/m11/s1. The number of esters is 3. The number of hydrogen-bond acceptors (Lipinski definition) is 10. The molecule has 354 valence electrons. The topological polar surface area (TPSA) is 162 Å². The van der Waals surface area contributed by atoms with Crippen LogP contribution >= 0.6 is 23.2 Å². The zero-order valence-corrected chi connectivity index (χ0v) is 40.7. The summed E-state index contributed by atoms with van der Waals surface area (Å²) in [5.41, 5.74) is 2.30. The van der Waals surface area contributed by atoms with Crippen molar-refractivity contribution in [2.75, 3.05) is 26.4 Å². The Bertz CT molecular complexity index is 2940. The lowest BCUT2D eigenvalue weighted by atomic mass is 10.1. The fraction of sp³-hybridized carbons (Fsp3) is 0.250. The summed E-state index contributed by atoms with van der Waals surface area (Å²) >= 11 is 11.9. The fourth-order valence-corrected chi connectivity index (χ4v) is 11.7. The van der Waals surface area contributed by atoms with Crippen LogP contribution in [0.5, 0.6) is 0 Å². The van der Waals surface area contributed by atoms with Crippen molar-refractivity contribution in [2.45, 2.75) is 66.3 Å². The molecule has 2 aliphatic carbocycles. The minimum Gasteiger partial charge on any atom is -0.465 e. The number of hydrogen-bond donors (Lipinski definition) is 1. The summed E-state index contributed by atoms with van der Waals surface area (Å²) in [4.78, 5) is 38.7. The Labute approximate surface area is 407 Å². The molecule has 0 aliphatic heterocycles. The summed E-state index contributed by atoms with van der Waals surface area (Å²) in [5, 5.41) is 1.23. The van der Waals surface area contributed by atoms with Gasteiger partial charge in [0.25, 0.3) is 0 Å². The van der Waals surface area contributed by atoms with Gasteiger partial charge < -0.3 is 14.2 Å². The molecule has 8 rings (SSSR count). The van der Waals surface area contributed by atoms with Crippen molar-refractivity contribution in [1.29, 1.82) is 0 Å². The number of nitrogens with zero attached hydrogens (tertiary/aromatic N) is 1. The Balaban J connectivity index is 0.000000204. The van der Waals surface area contributed by atoms with Crippen LogP contribution in [-0.4, -0.2) is 76.5 Å². The van der Waals surface area contributed by atoms with Gasteiger partial charge in [-0.25, -0.2) is 26.4 Å². The highest BCUT2D eigenvalue weighted by atomic mass is 35.5. The third kappa shape index (κ3) is 10.9. The molecule has 0 spiro atoms. The van der Waals surface area contributed by atoms with Crippen LogP contribution in [0.25, 0.3) is 22.3 Å². The fourth-order valence-electron chi connectivity index (χ4n) is 8.30. The summed E-state index contributed by atoms with van der Waals surface area (Å²) in [6.45, 7) is 4.72. The molecule has 0 radical (unpaired) electrons. The second-order valence-corrected chi connectivity index (χ2v) is 20.6. The molecule has 6 aromatic carbocycles. The van der Waals surface area contributed by atoms with Crippen LogP contribution in [0, 0.1) is 0 Å². The molecule has 2 aliphatic rings. The minimum absolute atomic E-state index is 0.0445. The predicted molar refractivity (Wildman–Crippen MR) is 261 cm³/mol.